The van der Waals surface area contributed by atoms with Gasteiger partial charge >= 0.3 is 7.82 Å². The molecule has 0 saturated carbocycles. The highest BCUT2D eigenvalue weighted by Gasteiger charge is 2.28. The summed E-state index contributed by atoms with van der Waals surface area (Å²) in [7, 11) is 1.63. The Hall–Kier alpha value is -0.760. The van der Waals surface area contributed by atoms with Crippen LogP contribution in [0.5, 0.6) is 0 Å². The molecule has 3 atom stereocenters. The summed E-state index contributed by atoms with van der Waals surface area (Å²) in [4.78, 5) is 23.3. The van der Waals surface area contributed by atoms with Crippen molar-refractivity contribution in [2.24, 2.45) is 0 Å². The first-order valence-corrected chi connectivity index (χ1v) is 29.0. The molecule has 0 aromatic heterocycles. The predicted molar refractivity (Wildman–Crippen MR) is 272 cm³/mol. The first-order chi connectivity index (χ1) is 30.5. The number of phosphoric acid groups is 1. The molecule has 3 N–H and O–H groups in total. The lowest BCUT2D eigenvalue weighted by molar-refractivity contribution is -0.870. The van der Waals surface area contributed by atoms with Gasteiger partial charge in [0.05, 0.1) is 39.9 Å². The Bertz CT molecular complexity index is 1040. The first kappa shape index (κ1) is 62.2. The van der Waals surface area contributed by atoms with Crippen LogP contribution >= 0.6 is 7.82 Å². The quantitative estimate of drug-likeness (QED) is 0.0243. The van der Waals surface area contributed by atoms with Gasteiger partial charge < -0.3 is 19.8 Å². The maximum atomic E-state index is 13.0. The van der Waals surface area contributed by atoms with Crippen molar-refractivity contribution >= 4 is 13.7 Å². The van der Waals surface area contributed by atoms with Crippen LogP contribution in [0.1, 0.15) is 277 Å². The summed E-state index contributed by atoms with van der Waals surface area (Å²) >= 11 is 0. The average molecular weight is 914 g/mol. The number of likely N-dealkylation sites (N-methyl/N-ethyl adjacent to an activating group) is 1. The average Bonchev–Trinajstić information content (AvgIpc) is 3.24. The number of carbonyl (C=O) groups is 1. The van der Waals surface area contributed by atoms with Gasteiger partial charge in [0.2, 0.25) is 5.91 Å². The lowest BCUT2D eigenvalue weighted by Crippen LogP contribution is -2.46. The summed E-state index contributed by atoms with van der Waals surface area (Å²) in [6.45, 7) is 4.92. The number of unbranched alkanes of at least 4 members (excludes halogenated alkanes) is 36. The zero-order chi connectivity index (χ0) is 46.4. The second-order valence-electron chi connectivity index (χ2n) is 20.3. The van der Waals surface area contributed by atoms with Crippen LogP contribution in [0.25, 0.3) is 0 Å². The van der Waals surface area contributed by atoms with Gasteiger partial charge in [0.1, 0.15) is 13.2 Å². The van der Waals surface area contributed by atoms with Crippen LogP contribution in [0, 0.1) is 0 Å². The minimum Gasteiger partial charge on any atom is -0.391 e. The zero-order valence-electron chi connectivity index (χ0n) is 42.8. The van der Waals surface area contributed by atoms with E-state index in [1.807, 2.05) is 21.1 Å². The number of nitrogens with one attached hydrogen (secondary N) is 1. The molecule has 9 heteroatoms. The molecule has 63 heavy (non-hydrogen) atoms. The minimum absolute atomic E-state index is 0.0762. The van der Waals surface area contributed by atoms with Crippen LogP contribution in [0.2, 0.25) is 0 Å². The minimum atomic E-state index is -4.32. The largest absolute Gasteiger partial charge is 0.472 e. The van der Waals surface area contributed by atoms with E-state index in [0.29, 0.717) is 23.9 Å². The van der Waals surface area contributed by atoms with Gasteiger partial charge in [-0.1, -0.05) is 244 Å². The van der Waals surface area contributed by atoms with Crippen molar-refractivity contribution in [1.82, 2.24) is 5.32 Å². The number of hydrogen-bond acceptors (Lipinski definition) is 5. The Balaban J connectivity index is 4.18. The molecule has 0 heterocycles. The Morgan fingerprint density at radius 2 is 0.857 bits per heavy atom. The van der Waals surface area contributed by atoms with Gasteiger partial charge in [-0.05, 0) is 38.5 Å². The normalized spacial score (nSPS) is 14.1. The molecule has 8 nitrogen and oxygen atoms in total. The molecule has 1 amide bonds. The van der Waals surface area contributed by atoms with E-state index in [0.717, 1.165) is 38.5 Å². The summed E-state index contributed by atoms with van der Waals surface area (Å²) in [5.74, 6) is -0.144. The lowest BCUT2D eigenvalue weighted by Gasteiger charge is -2.26. The van der Waals surface area contributed by atoms with E-state index >= 15 is 0 Å². The van der Waals surface area contributed by atoms with Gasteiger partial charge in [-0.15, -0.1) is 0 Å². The topological polar surface area (TPSA) is 105 Å². The summed E-state index contributed by atoms with van der Waals surface area (Å²) in [5.41, 5.74) is 0. The Morgan fingerprint density at radius 3 is 1.22 bits per heavy atom. The molecule has 0 aromatic rings. The third-order valence-electron chi connectivity index (χ3n) is 12.8. The Morgan fingerprint density at radius 1 is 0.524 bits per heavy atom. The van der Waals surface area contributed by atoms with Crippen LogP contribution in [-0.4, -0.2) is 73.4 Å². The molecular formula is C54H110N2O6P+. The first-order valence-electron chi connectivity index (χ1n) is 27.6. The molecule has 0 saturated heterocycles. The molecule has 376 valence electrons. The van der Waals surface area contributed by atoms with Crippen molar-refractivity contribution in [1.29, 1.82) is 0 Å². The van der Waals surface area contributed by atoms with E-state index in [9.17, 15) is 19.4 Å². The number of aliphatic hydroxyl groups is 1. The van der Waals surface area contributed by atoms with E-state index in [4.69, 9.17) is 9.05 Å². The number of aliphatic hydroxyl groups excluding tert-OH is 1. The van der Waals surface area contributed by atoms with Crippen LogP contribution < -0.4 is 5.32 Å². The number of rotatable bonds is 51. The summed E-state index contributed by atoms with van der Waals surface area (Å²) in [6.07, 6.45) is 55.4. The highest BCUT2D eigenvalue weighted by molar-refractivity contribution is 7.47. The fraction of sp³-hybridized carbons (Fsp3) is 0.944. The summed E-state index contributed by atoms with van der Waals surface area (Å²) in [6, 6.07) is -0.760. The van der Waals surface area contributed by atoms with E-state index in [2.05, 4.69) is 31.3 Å². The van der Waals surface area contributed by atoms with Crippen molar-refractivity contribution in [2.45, 2.75) is 289 Å². The van der Waals surface area contributed by atoms with Crippen LogP contribution in [-0.2, 0) is 18.4 Å². The molecule has 0 aliphatic rings. The third-order valence-corrected chi connectivity index (χ3v) is 13.7. The van der Waals surface area contributed by atoms with Crippen molar-refractivity contribution in [3.05, 3.63) is 12.2 Å². The number of quaternary nitrogens is 1. The molecule has 0 aromatic carbocycles. The Kier molecular flexibility index (Phi) is 45.8. The lowest BCUT2D eigenvalue weighted by atomic mass is 10.0. The molecule has 0 aliphatic carbocycles. The summed E-state index contributed by atoms with van der Waals surface area (Å²) in [5, 5.41) is 14.1. The van der Waals surface area contributed by atoms with E-state index < -0.39 is 20.0 Å². The van der Waals surface area contributed by atoms with Crippen molar-refractivity contribution in [3.63, 3.8) is 0 Å². The fourth-order valence-corrected chi connectivity index (χ4v) is 9.13. The number of hydrogen-bond donors (Lipinski definition) is 3. The molecule has 0 rings (SSSR count). The summed E-state index contributed by atoms with van der Waals surface area (Å²) < 4.78 is 23.8. The number of amides is 1. The van der Waals surface area contributed by atoms with Crippen molar-refractivity contribution in [2.75, 3.05) is 40.9 Å². The second kappa shape index (κ2) is 46.4. The van der Waals surface area contributed by atoms with Gasteiger partial charge in [-0.3, -0.25) is 13.8 Å². The van der Waals surface area contributed by atoms with E-state index in [1.165, 1.54) is 212 Å². The smallest absolute Gasteiger partial charge is 0.391 e. The molecule has 3 unspecified atom stereocenters. The zero-order valence-corrected chi connectivity index (χ0v) is 43.7. The maximum absolute atomic E-state index is 13.0. The highest BCUT2D eigenvalue weighted by Crippen LogP contribution is 2.43. The number of phosphoric ester groups is 1. The van der Waals surface area contributed by atoms with E-state index in [-0.39, 0.29) is 19.1 Å². The van der Waals surface area contributed by atoms with Crippen LogP contribution in [0.4, 0.5) is 0 Å². The van der Waals surface area contributed by atoms with E-state index in [1.54, 1.807) is 0 Å². The fourth-order valence-electron chi connectivity index (χ4n) is 8.40. The molecule has 0 radical (unpaired) electrons. The molecular weight excluding hydrogens is 804 g/mol. The molecule has 0 fully saturated rings. The van der Waals surface area contributed by atoms with Crippen molar-refractivity contribution < 1.29 is 32.9 Å². The van der Waals surface area contributed by atoms with Crippen LogP contribution in [0.3, 0.4) is 0 Å². The monoisotopic (exact) mass is 914 g/mol. The molecule has 0 spiro atoms. The SMILES string of the molecule is CCCCCCCCC/C=C\CCCCCCCCCC(=O)NC(COP(=O)(O)OCC[N+](C)(C)C)C(O)CCCCCCCCCCCCCCCCCCCCCCCCC. The number of allylic oxidation sites excluding steroid dienone is 2. The molecule has 0 aliphatic heterocycles. The second-order valence-corrected chi connectivity index (χ2v) is 21.8. The third kappa shape index (κ3) is 49.0. The van der Waals surface area contributed by atoms with Gasteiger partial charge in [0, 0.05) is 6.42 Å². The Labute approximate surface area is 392 Å². The highest BCUT2D eigenvalue weighted by atomic mass is 31.2. The van der Waals surface area contributed by atoms with Gasteiger partial charge in [-0.2, -0.15) is 0 Å². The van der Waals surface area contributed by atoms with Gasteiger partial charge in [-0.25, -0.2) is 4.57 Å². The standard InChI is InChI=1S/C54H109N2O6P/c1-6-8-10-12-14-16-18-20-22-24-26-27-28-29-30-31-33-35-37-39-41-43-45-47-53(57)52(51-62-63(59,60)61-50-49-56(3,4)5)55-54(58)48-46-44-42-40-38-36-34-32-25-23-21-19-17-15-13-11-9-7-2/h23,25,52-53,57H,6-22,24,26-51H2,1-5H3,(H-,55,58,59,60)/p+1/b25-23-. The van der Waals surface area contributed by atoms with Crippen LogP contribution in [0.15, 0.2) is 12.2 Å². The predicted octanol–water partition coefficient (Wildman–Crippen LogP) is 16.3. The van der Waals surface area contributed by atoms with Crippen molar-refractivity contribution in [3.8, 4) is 0 Å². The number of carbonyl (C=O) groups excluding carboxylic acids is 1. The van der Waals surface area contributed by atoms with Gasteiger partial charge in [0.25, 0.3) is 0 Å². The maximum Gasteiger partial charge on any atom is 0.472 e. The molecule has 0 bridgehead atoms. The van der Waals surface area contributed by atoms with Gasteiger partial charge in [0.15, 0.2) is 0 Å². The number of nitrogens with zero attached hydrogens (tertiary/aromatic N) is 1.